The average Bonchev–Trinajstić information content (AvgIpc) is 2.80. The van der Waals surface area contributed by atoms with E-state index in [1.54, 1.807) is 24.4 Å². The Kier molecular flexibility index (Phi) is 5.86. The molecule has 2 heterocycles. The van der Waals surface area contributed by atoms with Gasteiger partial charge in [-0.1, -0.05) is 35.9 Å². The molecule has 2 aromatic carbocycles. The van der Waals surface area contributed by atoms with Gasteiger partial charge in [-0.05, 0) is 30.7 Å². The largest absolute Gasteiger partial charge is 0.480 e. The Morgan fingerprint density at radius 3 is 2.61 bits per heavy atom. The second kappa shape index (κ2) is 8.73. The molecule has 4 aromatic rings. The Balaban J connectivity index is 1.74. The number of rotatable bonds is 6. The summed E-state index contributed by atoms with van der Waals surface area (Å²) < 4.78 is 25.3. The molecule has 0 bridgehead atoms. The van der Waals surface area contributed by atoms with E-state index in [4.69, 9.17) is 21.1 Å². The highest BCUT2D eigenvalue weighted by Crippen LogP contribution is 2.36. The topological polar surface area (TPSA) is 69.2 Å². The lowest BCUT2D eigenvalue weighted by Gasteiger charge is -2.20. The number of pyridine rings is 1. The maximum absolute atomic E-state index is 14.8. The van der Waals surface area contributed by atoms with Gasteiger partial charge in [0.05, 0.1) is 42.1 Å². The summed E-state index contributed by atoms with van der Waals surface area (Å²) in [5.41, 5.74) is 3.34. The smallest absolute Gasteiger partial charge is 0.241 e. The Morgan fingerprint density at radius 1 is 1.03 bits per heavy atom. The zero-order valence-electron chi connectivity index (χ0n) is 17.2. The van der Waals surface area contributed by atoms with E-state index in [0.717, 1.165) is 16.5 Å². The number of methoxy groups -OCH3 is 2. The van der Waals surface area contributed by atoms with Gasteiger partial charge in [0, 0.05) is 23.2 Å². The SMILES string of the molecule is COc1cc(-c2ccc(F)c(C(C)Nc3c(Cl)cnc4ccccc34)c2)c(OC)nn1. The van der Waals surface area contributed by atoms with Crippen molar-refractivity contribution in [3.63, 3.8) is 0 Å². The molecule has 0 spiro atoms. The van der Waals surface area contributed by atoms with Crippen LogP contribution >= 0.6 is 11.6 Å². The van der Waals surface area contributed by atoms with Gasteiger partial charge in [0.25, 0.3) is 0 Å². The number of hydrogen-bond acceptors (Lipinski definition) is 6. The Hall–Kier alpha value is -3.45. The van der Waals surface area contributed by atoms with E-state index in [-0.39, 0.29) is 11.9 Å². The van der Waals surface area contributed by atoms with Crippen LogP contribution in [0.4, 0.5) is 10.1 Å². The molecule has 4 rings (SSSR count). The predicted octanol–water partition coefficient (Wildman–Crippen LogP) is 5.67. The van der Waals surface area contributed by atoms with E-state index < -0.39 is 0 Å². The third kappa shape index (κ3) is 4.09. The number of ether oxygens (including phenoxy) is 2. The first-order valence-corrected chi connectivity index (χ1v) is 9.95. The zero-order valence-corrected chi connectivity index (χ0v) is 17.9. The standard InChI is InChI=1S/C23H20ClFN4O2/c1-13(27-22-15-6-4-5-7-20(15)26-12-18(22)24)16-10-14(8-9-19(16)25)17-11-21(30-2)28-29-23(17)31-3/h4-13H,1-3H3,(H,26,27). The summed E-state index contributed by atoms with van der Waals surface area (Å²) in [6.07, 6.45) is 1.59. The fourth-order valence-electron chi connectivity index (χ4n) is 3.42. The Morgan fingerprint density at radius 2 is 1.84 bits per heavy atom. The van der Waals surface area contributed by atoms with Crippen molar-refractivity contribution in [3.8, 4) is 22.9 Å². The molecule has 0 saturated heterocycles. The van der Waals surface area contributed by atoms with Gasteiger partial charge in [-0.3, -0.25) is 4.98 Å². The quantitative estimate of drug-likeness (QED) is 0.418. The van der Waals surface area contributed by atoms with E-state index >= 15 is 0 Å². The fourth-order valence-corrected chi connectivity index (χ4v) is 3.63. The molecule has 2 aromatic heterocycles. The lowest BCUT2D eigenvalue weighted by Crippen LogP contribution is -2.10. The van der Waals surface area contributed by atoms with Crippen molar-refractivity contribution in [3.05, 3.63) is 71.1 Å². The summed E-state index contributed by atoms with van der Waals surface area (Å²) >= 11 is 6.41. The molecule has 0 saturated carbocycles. The minimum atomic E-state index is -0.383. The maximum Gasteiger partial charge on any atom is 0.241 e. The molecule has 0 aliphatic heterocycles. The van der Waals surface area contributed by atoms with Crippen molar-refractivity contribution in [2.24, 2.45) is 0 Å². The number of nitrogens with one attached hydrogen (secondary N) is 1. The number of halogens is 2. The maximum atomic E-state index is 14.8. The van der Waals surface area contributed by atoms with Crippen molar-refractivity contribution < 1.29 is 13.9 Å². The number of hydrogen-bond donors (Lipinski definition) is 1. The van der Waals surface area contributed by atoms with Crippen LogP contribution in [0.2, 0.25) is 5.02 Å². The Labute approximate surface area is 184 Å². The van der Waals surface area contributed by atoms with Crippen molar-refractivity contribution in [2.45, 2.75) is 13.0 Å². The highest BCUT2D eigenvalue weighted by atomic mass is 35.5. The van der Waals surface area contributed by atoms with Gasteiger partial charge in [0.2, 0.25) is 11.8 Å². The first-order valence-electron chi connectivity index (χ1n) is 9.57. The van der Waals surface area contributed by atoms with E-state index in [9.17, 15) is 4.39 Å². The summed E-state index contributed by atoms with van der Waals surface area (Å²) in [5.74, 6) is 0.316. The number of benzene rings is 2. The number of fused-ring (bicyclic) bond motifs is 1. The molecule has 0 aliphatic carbocycles. The monoisotopic (exact) mass is 438 g/mol. The van der Waals surface area contributed by atoms with Crippen molar-refractivity contribution >= 4 is 28.2 Å². The molecule has 0 amide bonds. The zero-order chi connectivity index (χ0) is 22.0. The molecule has 1 atom stereocenters. The summed E-state index contributed by atoms with van der Waals surface area (Å²) in [6, 6.07) is 13.8. The first-order chi connectivity index (χ1) is 15.0. The molecule has 31 heavy (non-hydrogen) atoms. The molecule has 1 unspecified atom stereocenters. The summed E-state index contributed by atoms with van der Waals surface area (Å²) in [5, 5.41) is 12.6. The van der Waals surface area contributed by atoms with E-state index in [1.807, 2.05) is 31.2 Å². The first kappa shape index (κ1) is 20.8. The lowest BCUT2D eigenvalue weighted by molar-refractivity contribution is 0.369. The molecule has 1 N–H and O–H groups in total. The van der Waals surface area contributed by atoms with E-state index in [1.165, 1.54) is 20.3 Å². The average molecular weight is 439 g/mol. The lowest BCUT2D eigenvalue weighted by atomic mass is 10.00. The van der Waals surface area contributed by atoms with Crippen LogP contribution in [0.3, 0.4) is 0 Å². The predicted molar refractivity (Wildman–Crippen MR) is 119 cm³/mol. The van der Waals surface area contributed by atoms with Gasteiger partial charge in [-0.25, -0.2) is 4.39 Å². The van der Waals surface area contributed by atoms with Crippen LogP contribution in [0.25, 0.3) is 22.0 Å². The van der Waals surface area contributed by atoms with Crippen LogP contribution in [0.5, 0.6) is 11.8 Å². The highest BCUT2D eigenvalue weighted by molar-refractivity contribution is 6.34. The van der Waals surface area contributed by atoms with Gasteiger partial charge in [0.15, 0.2) is 0 Å². The van der Waals surface area contributed by atoms with Crippen LogP contribution < -0.4 is 14.8 Å². The van der Waals surface area contributed by atoms with Crippen molar-refractivity contribution in [1.82, 2.24) is 15.2 Å². The number of aromatic nitrogens is 3. The van der Waals surface area contributed by atoms with Crippen LogP contribution in [0.1, 0.15) is 18.5 Å². The van der Waals surface area contributed by atoms with E-state index in [0.29, 0.717) is 33.6 Å². The summed E-state index contributed by atoms with van der Waals surface area (Å²) in [7, 11) is 3.01. The number of para-hydroxylation sites is 1. The van der Waals surface area contributed by atoms with Crippen LogP contribution in [0.15, 0.2) is 54.7 Å². The van der Waals surface area contributed by atoms with Crippen molar-refractivity contribution in [1.29, 1.82) is 0 Å². The second-order valence-electron chi connectivity index (χ2n) is 6.91. The van der Waals surface area contributed by atoms with Gasteiger partial charge in [0.1, 0.15) is 5.82 Å². The van der Waals surface area contributed by atoms with Crippen LogP contribution in [-0.2, 0) is 0 Å². The minimum absolute atomic E-state index is 0.321. The van der Waals surface area contributed by atoms with Crippen LogP contribution in [-0.4, -0.2) is 29.4 Å². The second-order valence-corrected chi connectivity index (χ2v) is 7.32. The Bertz CT molecular complexity index is 1250. The van der Waals surface area contributed by atoms with Gasteiger partial charge in [-0.2, -0.15) is 0 Å². The number of anilines is 1. The number of nitrogens with zero attached hydrogens (tertiary/aromatic N) is 3. The summed E-state index contributed by atoms with van der Waals surface area (Å²) in [4.78, 5) is 4.34. The normalized spacial score (nSPS) is 11.9. The van der Waals surface area contributed by atoms with E-state index in [2.05, 4.69) is 20.5 Å². The molecule has 0 aliphatic rings. The fraction of sp³-hybridized carbons (Fsp3) is 0.174. The third-order valence-corrected chi connectivity index (χ3v) is 5.29. The molecule has 8 heteroatoms. The highest BCUT2D eigenvalue weighted by Gasteiger charge is 2.18. The third-order valence-electron chi connectivity index (χ3n) is 5.00. The van der Waals surface area contributed by atoms with Crippen molar-refractivity contribution in [2.75, 3.05) is 19.5 Å². The van der Waals surface area contributed by atoms with Crippen LogP contribution in [0, 0.1) is 5.82 Å². The van der Waals surface area contributed by atoms with Gasteiger partial charge >= 0.3 is 0 Å². The van der Waals surface area contributed by atoms with Gasteiger partial charge < -0.3 is 14.8 Å². The van der Waals surface area contributed by atoms with Gasteiger partial charge in [-0.15, -0.1) is 10.2 Å². The molecular weight excluding hydrogens is 419 g/mol. The molecule has 0 fully saturated rings. The molecule has 6 nitrogen and oxygen atoms in total. The molecule has 158 valence electrons. The summed E-state index contributed by atoms with van der Waals surface area (Å²) in [6.45, 7) is 1.87. The minimum Gasteiger partial charge on any atom is -0.480 e. The molecule has 0 radical (unpaired) electrons. The molecular formula is C23H20ClFN4O2.